The van der Waals surface area contributed by atoms with Crippen LogP contribution >= 0.6 is 0 Å². The molecule has 10 nitrogen and oxygen atoms in total. The molecule has 0 fully saturated rings. The molecule has 1 atom stereocenters. The number of Topliss-reactive ketones (excluding diaryl/α,β-unsaturated/α-hetero) is 1. The van der Waals surface area contributed by atoms with Gasteiger partial charge in [-0.1, -0.05) is 81.4 Å². The third-order valence-electron chi connectivity index (χ3n) is 7.92. The lowest BCUT2D eigenvalue weighted by atomic mass is 9.92. The number of aromatic nitrogens is 2. The fourth-order valence-electron chi connectivity index (χ4n) is 5.60. The van der Waals surface area contributed by atoms with Gasteiger partial charge < -0.3 is 10.6 Å². The van der Waals surface area contributed by atoms with Crippen molar-refractivity contribution in [2.24, 2.45) is 5.92 Å². The van der Waals surface area contributed by atoms with Gasteiger partial charge >= 0.3 is 5.69 Å². The molecule has 0 saturated heterocycles. The highest BCUT2D eigenvalue weighted by Gasteiger charge is 2.31. The van der Waals surface area contributed by atoms with Gasteiger partial charge in [0, 0.05) is 30.1 Å². The van der Waals surface area contributed by atoms with Crippen molar-refractivity contribution in [3.8, 4) is 16.9 Å². The molecule has 250 valence electrons. The quantitative estimate of drug-likeness (QED) is 0.0957. The van der Waals surface area contributed by atoms with Crippen molar-refractivity contribution in [3.63, 3.8) is 0 Å². The summed E-state index contributed by atoms with van der Waals surface area (Å²) in [5.74, 6) is -0.935. The van der Waals surface area contributed by atoms with Crippen LogP contribution in [0, 0.1) is 5.92 Å². The van der Waals surface area contributed by atoms with Gasteiger partial charge in [0.15, 0.2) is 5.78 Å². The molecule has 47 heavy (non-hydrogen) atoms. The number of para-hydroxylation sites is 2. The smallest absolute Gasteiger partial charge is 0.333 e. The Balaban J connectivity index is 1.90. The van der Waals surface area contributed by atoms with E-state index in [1.807, 2.05) is 43.3 Å². The van der Waals surface area contributed by atoms with Crippen molar-refractivity contribution in [3.05, 3.63) is 107 Å². The normalized spacial score (nSPS) is 12.1. The molecule has 0 aliphatic heterocycles. The molecular weight excluding hydrogens is 614 g/mol. The van der Waals surface area contributed by atoms with Gasteiger partial charge in [0.25, 0.3) is 5.91 Å². The fourth-order valence-corrected chi connectivity index (χ4v) is 6.74. The van der Waals surface area contributed by atoms with Gasteiger partial charge in [0.2, 0.25) is 10.0 Å². The van der Waals surface area contributed by atoms with E-state index in [4.69, 9.17) is 0 Å². The zero-order chi connectivity index (χ0) is 33.8. The topological polar surface area (TPSA) is 131 Å². The second-order valence-electron chi connectivity index (χ2n) is 11.4. The van der Waals surface area contributed by atoms with Crippen molar-refractivity contribution in [2.45, 2.75) is 53.0 Å². The first kappa shape index (κ1) is 35.4. The number of sulfonamides is 1. The number of rotatable bonds is 18. The minimum Gasteiger partial charge on any atom is -0.350 e. The number of carbonyl (C=O) groups is 2. The van der Waals surface area contributed by atoms with Crippen molar-refractivity contribution in [1.82, 2.24) is 19.8 Å². The van der Waals surface area contributed by atoms with E-state index < -0.39 is 15.7 Å². The lowest BCUT2D eigenvalue weighted by molar-refractivity contribution is 0.0900. The summed E-state index contributed by atoms with van der Waals surface area (Å²) in [4.78, 5) is 42.0. The van der Waals surface area contributed by atoms with Gasteiger partial charge in [0.05, 0.1) is 22.8 Å². The van der Waals surface area contributed by atoms with Crippen molar-refractivity contribution < 1.29 is 18.0 Å². The van der Waals surface area contributed by atoms with Crippen LogP contribution in [0.25, 0.3) is 16.9 Å². The molecule has 0 saturated carbocycles. The molecule has 1 amide bonds. The number of imidazole rings is 1. The third kappa shape index (κ3) is 8.87. The van der Waals surface area contributed by atoms with Gasteiger partial charge in [-0.05, 0) is 63.0 Å². The maximum absolute atomic E-state index is 14.6. The number of ketones is 1. The Labute approximate surface area is 277 Å². The van der Waals surface area contributed by atoms with E-state index in [1.165, 1.54) is 9.13 Å². The highest BCUT2D eigenvalue weighted by Crippen LogP contribution is 2.32. The molecule has 1 heterocycles. The molecule has 11 heteroatoms. The van der Waals surface area contributed by atoms with Crippen LogP contribution in [0.2, 0.25) is 0 Å². The summed E-state index contributed by atoms with van der Waals surface area (Å²) in [6.45, 7) is 7.43. The van der Waals surface area contributed by atoms with Gasteiger partial charge in [-0.2, -0.15) is 0 Å². The molecule has 3 aromatic carbocycles. The minimum atomic E-state index is -3.70. The molecule has 0 bridgehead atoms. The minimum absolute atomic E-state index is 0.0273. The third-order valence-corrected chi connectivity index (χ3v) is 9.40. The van der Waals surface area contributed by atoms with E-state index in [-0.39, 0.29) is 47.8 Å². The predicted molar refractivity (Wildman–Crippen MR) is 188 cm³/mol. The Kier molecular flexibility index (Phi) is 12.7. The number of hydrogen-bond acceptors (Lipinski definition) is 6. The summed E-state index contributed by atoms with van der Waals surface area (Å²) in [7, 11) is -3.70. The average Bonchev–Trinajstić information content (AvgIpc) is 3.36. The Hall–Kier alpha value is -4.48. The number of nitrogens with zero attached hydrogens (tertiary/aromatic N) is 2. The Morgan fingerprint density at radius 2 is 1.47 bits per heavy atom. The zero-order valence-electron chi connectivity index (χ0n) is 27.4. The van der Waals surface area contributed by atoms with Crippen molar-refractivity contribution in [2.75, 3.05) is 30.1 Å². The van der Waals surface area contributed by atoms with Crippen LogP contribution in [-0.4, -0.2) is 54.6 Å². The maximum Gasteiger partial charge on any atom is 0.333 e. The molecule has 4 rings (SSSR count). The molecule has 0 aliphatic rings. The van der Waals surface area contributed by atoms with Gasteiger partial charge in [-0.3, -0.25) is 23.4 Å². The molecule has 0 radical (unpaired) electrons. The summed E-state index contributed by atoms with van der Waals surface area (Å²) in [5, 5.41) is 6.25. The van der Waals surface area contributed by atoms with E-state index in [2.05, 4.69) is 22.3 Å². The Morgan fingerprint density at radius 1 is 0.809 bits per heavy atom. The van der Waals surface area contributed by atoms with Crippen LogP contribution in [-0.2, 0) is 16.6 Å². The summed E-state index contributed by atoms with van der Waals surface area (Å²) in [5.41, 5.74) is 1.73. The van der Waals surface area contributed by atoms with E-state index in [1.54, 1.807) is 55.5 Å². The second-order valence-corrected chi connectivity index (χ2v) is 13.2. The van der Waals surface area contributed by atoms with Crippen LogP contribution in [0.15, 0.2) is 89.7 Å². The summed E-state index contributed by atoms with van der Waals surface area (Å²) in [6, 6.07) is 24.6. The molecule has 1 unspecified atom stereocenters. The number of anilines is 1. The van der Waals surface area contributed by atoms with Crippen LogP contribution in [0.4, 0.5) is 5.69 Å². The summed E-state index contributed by atoms with van der Waals surface area (Å²) in [6.07, 6.45) is 2.54. The molecule has 3 N–H and O–H groups in total. The van der Waals surface area contributed by atoms with Crippen molar-refractivity contribution in [1.29, 1.82) is 0 Å². The SMILES string of the molecule is CCCNCCC(CC)C(=O)c1c(-c2ccccc2)n(-c2ccccc2NS(=O)(=O)CCC)c(=O)n1CCNC(=O)c1ccccc1. The van der Waals surface area contributed by atoms with Gasteiger partial charge in [-0.25, -0.2) is 13.2 Å². The van der Waals surface area contributed by atoms with E-state index in [0.29, 0.717) is 48.3 Å². The predicted octanol–water partition coefficient (Wildman–Crippen LogP) is 5.49. The number of benzene rings is 3. The average molecular weight is 660 g/mol. The van der Waals surface area contributed by atoms with Gasteiger partial charge in [0.1, 0.15) is 5.69 Å². The number of carbonyl (C=O) groups excluding carboxylic acids is 2. The molecule has 1 aromatic heterocycles. The standard InChI is InChI=1S/C36H45N5O5S/c1-4-22-37-23-21-27(6-3)34(42)33-32(28-15-9-7-10-16-28)41(31-20-14-13-19-30(31)39-47(45,46)26-5-2)36(44)40(33)25-24-38-35(43)29-17-11-8-12-18-29/h7-20,27,37,39H,4-6,21-26H2,1-3H3,(H,38,43). The lowest BCUT2D eigenvalue weighted by Gasteiger charge is -2.18. The van der Waals surface area contributed by atoms with Crippen LogP contribution in [0.1, 0.15) is 67.3 Å². The Morgan fingerprint density at radius 3 is 2.13 bits per heavy atom. The van der Waals surface area contributed by atoms with Crippen LogP contribution in [0.3, 0.4) is 0 Å². The summed E-state index contributed by atoms with van der Waals surface area (Å²) >= 11 is 0. The monoisotopic (exact) mass is 659 g/mol. The highest BCUT2D eigenvalue weighted by molar-refractivity contribution is 7.92. The number of amides is 1. The molecule has 0 aliphatic carbocycles. The first-order valence-corrected chi connectivity index (χ1v) is 18.0. The summed E-state index contributed by atoms with van der Waals surface area (Å²) < 4.78 is 31.3. The maximum atomic E-state index is 14.6. The van der Waals surface area contributed by atoms with E-state index in [0.717, 1.165) is 13.0 Å². The lowest BCUT2D eigenvalue weighted by Crippen LogP contribution is -2.33. The van der Waals surface area contributed by atoms with Crippen molar-refractivity contribution >= 4 is 27.4 Å². The van der Waals surface area contributed by atoms with Crippen LogP contribution < -0.4 is 21.0 Å². The van der Waals surface area contributed by atoms with E-state index >= 15 is 0 Å². The second kappa shape index (κ2) is 16.9. The first-order chi connectivity index (χ1) is 22.7. The van der Waals surface area contributed by atoms with Gasteiger partial charge in [-0.15, -0.1) is 0 Å². The molecule has 4 aromatic rings. The number of nitrogens with one attached hydrogen (secondary N) is 3. The first-order valence-electron chi connectivity index (χ1n) is 16.3. The molecule has 0 spiro atoms. The zero-order valence-corrected chi connectivity index (χ0v) is 28.2. The highest BCUT2D eigenvalue weighted by atomic mass is 32.2. The molecular formula is C36H45N5O5S. The van der Waals surface area contributed by atoms with Crippen LogP contribution in [0.5, 0.6) is 0 Å². The number of hydrogen-bond donors (Lipinski definition) is 3. The Bertz CT molecular complexity index is 1800. The largest absolute Gasteiger partial charge is 0.350 e. The van der Waals surface area contributed by atoms with E-state index in [9.17, 15) is 22.8 Å². The fraction of sp³-hybridized carbons (Fsp3) is 0.361.